The number of benzene rings is 3. The molecular formula is C26H20N6O3. The first-order valence-electron chi connectivity index (χ1n) is 10.7. The van der Waals surface area contributed by atoms with E-state index < -0.39 is 11.9 Å². The Labute approximate surface area is 199 Å². The molecule has 0 saturated heterocycles. The minimum Gasteiger partial charge on any atom is -0.465 e. The Morgan fingerprint density at radius 1 is 0.943 bits per heavy atom. The molecule has 9 nitrogen and oxygen atoms in total. The van der Waals surface area contributed by atoms with Crippen molar-refractivity contribution in [1.29, 1.82) is 0 Å². The van der Waals surface area contributed by atoms with E-state index in [2.05, 4.69) is 20.4 Å². The number of hydrogen-bond donors (Lipinski definition) is 2. The summed E-state index contributed by atoms with van der Waals surface area (Å²) in [6.07, 6.45) is 1.56. The number of aromatic nitrogens is 3. The molecule has 172 valence electrons. The van der Waals surface area contributed by atoms with E-state index in [-0.39, 0.29) is 11.4 Å². The van der Waals surface area contributed by atoms with Crippen LogP contribution < -0.4 is 11.1 Å². The molecule has 0 fully saturated rings. The van der Waals surface area contributed by atoms with Crippen LogP contribution in [0.5, 0.6) is 0 Å². The van der Waals surface area contributed by atoms with E-state index in [1.165, 1.54) is 11.8 Å². The number of para-hydroxylation sites is 3. The van der Waals surface area contributed by atoms with E-state index in [9.17, 15) is 9.59 Å². The molecule has 5 rings (SSSR count). The highest BCUT2D eigenvalue weighted by atomic mass is 16.5. The summed E-state index contributed by atoms with van der Waals surface area (Å²) in [7, 11) is 1.33. The number of carbonyl (C=O) groups is 2. The fourth-order valence-corrected chi connectivity index (χ4v) is 3.65. The number of methoxy groups -OCH3 is 1. The summed E-state index contributed by atoms with van der Waals surface area (Å²) < 4.78 is 6.12. The molecular weight excluding hydrogens is 444 g/mol. The van der Waals surface area contributed by atoms with E-state index in [1.807, 2.05) is 42.5 Å². The van der Waals surface area contributed by atoms with Gasteiger partial charge in [-0.2, -0.15) is 9.78 Å². The maximum Gasteiger partial charge on any atom is 0.337 e. The quantitative estimate of drug-likeness (QED) is 0.298. The third kappa shape index (κ3) is 4.18. The number of amides is 1. The van der Waals surface area contributed by atoms with E-state index >= 15 is 0 Å². The molecule has 35 heavy (non-hydrogen) atoms. The Morgan fingerprint density at radius 2 is 1.60 bits per heavy atom. The highest BCUT2D eigenvalue weighted by Gasteiger charge is 2.24. The zero-order chi connectivity index (χ0) is 24.4. The predicted octanol–water partition coefficient (Wildman–Crippen LogP) is 4.09. The number of esters is 1. The summed E-state index contributed by atoms with van der Waals surface area (Å²) in [5, 5.41) is 7.34. The molecule has 0 aliphatic carbocycles. The minimum absolute atomic E-state index is 0.103. The second-order valence-corrected chi connectivity index (χ2v) is 7.63. The van der Waals surface area contributed by atoms with Gasteiger partial charge in [-0.3, -0.25) is 4.79 Å². The molecule has 0 spiro atoms. The van der Waals surface area contributed by atoms with Gasteiger partial charge in [0.05, 0.1) is 29.9 Å². The number of rotatable bonds is 5. The van der Waals surface area contributed by atoms with Crippen LogP contribution in [-0.4, -0.2) is 39.8 Å². The summed E-state index contributed by atoms with van der Waals surface area (Å²) in [5.41, 5.74) is 10.3. The van der Waals surface area contributed by atoms with Gasteiger partial charge in [0, 0.05) is 5.69 Å². The number of nitrogens with two attached hydrogens (primary N) is 1. The third-order valence-electron chi connectivity index (χ3n) is 5.39. The van der Waals surface area contributed by atoms with Crippen LogP contribution in [0.25, 0.3) is 22.2 Å². The number of anilines is 2. The van der Waals surface area contributed by atoms with Crippen LogP contribution >= 0.6 is 0 Å². The number of hydrogen-bond acceptors (Lipinski definition) is 7. The Morgan fingerprint density at radius 3 is 2.29 bits per heavy atom. The van der Waals surface area contributed by atoms with Gasteiger partial charge < -0.3 is 15.8 Å². The van der Waals surface area contributed by atoms with Gasteiger partial charge in [-0.25, -0.2) is 14.8 Å². The zero-order valence-electron chi connectivity index (χ0n) is 18.7. The van der Waals surface area contributed by atoms with Crippen molar-refractivity contribution in [3.05, 3.63) is 95.6 Å². The van der Waals surface area contributed by atoms with Crippen molar-refractivity contribution >= 4 is 51.8 Å². The smallest absolute Gasteiger partial charge is 0.337 e. The van der Waals surface area contributed by atoms with Gasteiger partial charge in [0.25, 0.3) is 5.91 Å². The van der Waals surface area contributed by atoms with E-state index in [0.717, 1.165) is 0 Å². The maximum absolute atomic E-state index is 13.2. The van der Waals surface area contributed by atoms with Crippen molar-refractivity contribution in [2.75, 3.05) is 18.2 Å². The normalized spacial score (nSPS) is 11.2. The maximum atomic E-state index is 13.2. The fourth-order valence-electron chi connectivity index (χ4n) is 3.65. The summed E-state index contributed by atoms with van der Waals surface area (Å²) >= 11 is 0. The van der Waals surface area contributed by atoms with Gasteiger partial charge >= 0.3 is 5.97 Å². The minimum atomic E-state index is -0.426. The average Bonchev–Trinajstić information content (AvgIpc) is 3.16. The lowest BCUT2D eigenvalue weighted by Crippen LogP contribution is -2.14. The van der Waals surface area contributed by atoms with Crippen LogP contribution in [0.4, 0.5) is 11.5 Å². The lowest BCUT2D eigenvalue weighted by atomic mass is 10.1. The Hall–Kier alpha value is -5.05. The predicted molar refractivity (Wildman–Crippen MR) is 135 cm³/mol. The van der Waals surface area contributed by atoms with Crippen LogP contribution in [0.15, 0.2) is 84.0 Å². The van der Waals surface area contributed by atoms with Crippen LogP contribution in [0.1, 0.15) is 26.3 Å². The molecule has 0 aliphatic heterocycles. The average molecular weight is 464 g/mol. The van der Waals surface area contributed by atoms with Crippen molar-refractivity contribution in [2.45, 2.75) is 0 Å². The Balaban J connectivity index is 1.60. The fraction of sp³-hybridized carbons (Fsp3) is 0.0385. The van der Waals surface area contributed by atoms with Crippen LogP contribution in [-0.2, 0) is 4.74 Å². The molecule has 3 N–H and O–H groups in total. The van der Waals surface area contributed by atoms with Crippen LogP contribution in [0.2, 0.25) is 0 Å². The first kappa shape index (κ1) is 21.8. The largest absolute Gasteiger partial charge is 0.465 e. The van der Waals surface area contributed by atoms with Gasteiger partial charge in [-0.05, 0) is 42.0 Å². The van der Waals surface area contributed by atoms with Crippen LogP contribution in [0, 0.1) is 0 Å². The van der Waals surface area contributed by atoms with Crippen molar-refractivity contribution < 1.29 is 14.3 Å². The second-order valence-electron chi connectivity index (χ2n) is 7.63. The number of nitrogens with zero attached hydrogens (tertiary/aromatic N) is 4. The number of ether oxygens (including phenoxy) is 1. The number of fused-ring (bicyclic) bond motifs is 2. The molecule has 3 aromatic carbocycles. The number of nitrogen functional groups attached to an aromatic ring is 1. The molecule has 0 radical (unpaired) electrons. The molecule has 2 heterocycles. The molecule has 5 aromatic rings. The Kier molecular flexibility index (Phi) is 5.64. The molecule has 2 aromatic heterocycles. The lowest BCUT2D eigenvalue weighted by molar-refractivity contribution is 0.0600. The van der Waals surface area contributed by atoms with E-state index in [4.69, 9.17) is 10.5 Å². The molecule has 0 unspecified atom stereocenters. The zero-order valence-corrected chi connectivity index (χ0v) is 18.7. The number of nitrogens with one attached hydrogen (secondary N) is 1. The van der Waals surface area contributed by atoms with Crippen molar-refractivity contribution in [2.24, 2.45) is 5.10 Å². The Bertz CT molecular complexity index is 1590. The topological polar surface area (TPSA) is 124 Å². The highest BCUT2D eigenvalue weighted by molar-refractivity contribution is 6.16. The first-order valence-corrected chi connectivity index (χ1v) is 10.7. The highest BCUT2D eigenvalue weighted by Crippen LogP contribution is 2.28. The van der Waals surface area contributed by atoms with E-state index in [1.54, 1.807) is 42.6 Å². The second kappa shape index (κ2) is 9.06. The molecule has 0 bridgehead atoms. The summed E-state index contributed by atoms with van der Waals surface area (Å²) in [5.74, 6) is -0.740. The van der Waals surface area contributed by atoms with Crippen molar-refractivity contribution in [1.82, 2.24) is 14.6 Å². The molecule has 9 heteroatoms. The van der Waals surface area contributed by atoms with Crippen LogP contribution in [0.3, 0.4) is 0 Å². The molecule has 0 atom stereocenters. The van der Waals surface area contributed by atoms with Gasteiger partial charge in [0.2, 0.25) is 0 Å². The van der Waals surface area contributed by atoms with Gasteiger partial charge in [0.1, 0.15) is 16.9 Å². The number of carbonyl (C=O) groups excluding carboxylic acids is 2. The summed E-state index contributed by atoms with van der Waals surface area (Å²) in [6, 6.07) is 23.1. The summed E-state index contributed by atoms with van der Waals surface area (Å²) in [4.78, 5) is 34.2. The molecule has 0 aliphatic rings. The monoisotopic (exact) mass is 464 g/mol. The van der Waals surface area contributed by atoms with Gasteiger partial charge in [-0.1, -0.05) is 42.5 Å². The molecule has 1 amide bonds. The SMILES string of the molecule is COC(=O)c1ccc(/C=N\n2c(N)c(C(=O)Nc3ccccc3)c3nc4ccccc4nc32)cc1. The summed E-state index contributed by atoms with van der Waals surface area (Å²) in [6.45, 7) is 0. The third-order valence-corrected chi connectivity index (χ3v) is 5.39. The van der Waals surface area contributed by atoms with Crippen molar-refractivity contribution in [3.8, 4) is 0 Å². The first-order chi connectivity index (χ1) is 17.0. The van der Waals surface area contributed by atoms with Crippen molar-refractivity contribution in [3.63, 3.8) is 0 Å². The standard InChI is InChI=1S/C26H20N6O3/c1-35-26(34)17-13-11-16(12-14-17)15-28-32-23(27)21(25(33)29-18-7-3-2-4-8-18)22-24(32)31-20-10-6-5-9-19(20)30-22/h2-15H,27H2,1H3,(H,29,33)/b28-15-. The van der Waals surface area contributed by atoms with E-state index in [0.29, 0.717) is 39.0 Å². The molecule has 0 saturated carbocycles. The van der Waals surface area contributed by atoms with Gasteiger partial charge in [0.15, 0.2) is 5.65 Å². The lowest BCUT2D eigenvalue weighted by Gasteiger charge is -2.05. The van der Waals surface area contributed by atoms with Gasteiger partial charge in [-0.15, -0.1) is 0 Å².